The number of rotatable bonds is 2. The highest BCUT2D eigenvalue weighted by atomic mass is 19.4. The van der Waals surface area contributed by atoms with Crippen LogP contribution in [0.4, 0.5) is 13.2 Å². The highest BCUT2D eigenvalue weighted by molar-refractivity contribution is 4.89. The van der Waals surface area contributed by atoms with Gasteiger partial charge < -0.3 is 0 Å². The Morgan fingerprint density at radius 1 is 1.00 bits per heavy atom. The van der Waals surface area contributed by atoms with Crippen LogP contribution in [-0.2, 0) is 0 Å². The molecule has 0 aromatic heterocycles. The lowest BCUT2D eigenvalue weighted by molar-refractivity contribution is -0.203. The van der Waals surface area contributed by atoms with Crippen molar-refractivity contribution in [3.05, 3.63) is 0 Å². The molecule has 0 aliphatic carbocycles. The number of nitrogens with zero attached hydrogens (tertiary/aromatic N) is 2. The number of halogens is 3. The molecule has 1 aliphatic heterocycles. The predicted molar refractivity (Wildman–Crippen MR) is 58.4 cm³/mol. The molecule has 0 aromatic carbocycles. The van der Waals surface area contributed by atoms with E-state index in [4.69, 9.17) is 0 Å². The quantitative estimate of drug-likeness (QED) is 0.728. The molecule has 1 fully saturated rings. The van der Waals surface area contributed by atoms with Gasteiger partial charge in [0.25, 0.3) is 0 Å². The molecule has 2 nitrogen and oxygen atoms in total. The van der Waals surface area contributed by atoms with Crippen LogP contribution in [0.5, 0.6) is 0 Å². The fourth-order valence-corrected chi connectivity index (χ4v) is 2.20. The van der Waals surface area contributed by atoms with E-state index in [9.17, 15) is 13.2 Å². The van der Waals surface area contributed by atoms with Gasteiger partial charge in [-0.3, -0.25) is 9.80 Å². The number of piperazine rings is 1. The van der Waals surface area contributed by atoms with E-state index in [1.54, 1.807) is 4.90 Å². The Morgan fingerprint density at radius 3 is 1.94 bits per heavy atom. The molecule has 1 atom stereocenters. The molecule has 96 valence electrons. The molecule has 1 heterocycles. The lowest BCUT2D eigenvalue weighted by Crippen LogP contribution is -2.61. The van der Waals surface area contributed by atoms with Gasteiger partial charge in [-0.05, 0) is 27.7 Å². The van der Waals surface area contributed by atoms with E-state index in [1.807, 2.05) is 32.6 Å². The minimum absolute atomic E-state index is 0.0547. The lowest BCUT2D eigenvalue weighted by Gasteiger charge is -2.45. The molecule has 0 spiro atoms. The highest BCUT2D eigenvalue weighted by Gasteiger charge is 2.47. The van der Waals surface area contributed by atoms with Crippen molar-refractivity contribution >= 4 is 0 Å². The van der Waals surface area contributed by atoms with Gasteiger partial charge in [-0.1, -0.05) is 0 Å². The van der Waals surface area contributed by atoms with Gasteiger partial charge in [-0.15, -0.1) is 0 Å². The molecule has 1 saturated heterocycles. The normalized spacial score (nSPS) is 25.7. The zero-order valence-corrected chi connectivity index (χ0v) is 10.4. The summed E-state index contributed by atoms with van der Waals surface area (Å²) in [5.41, 5.74) is 0. The Balaban J connectivity index is 2.78. The molecular formula is C11H21F3N2. The zero-order chi connectivity index (χ0) is 12.5. The van der Waals surface area contributed by atoms with E-state index in [1.165, 1.54) is 0 Å². The van der Waals surface area contributed by atoms with Gasteiger partial charge in [0.1, 0.15) is 6.04 Å². The first-order valence-electron chi connectivity index (χ1n) is 5.80. The third kappa shape index (κ3) is 3.10. The Labute approximate surface area is 95.4 Å². The van der Waals surface area contributed by atoms with Crippen molar-refractivity contribution in [2.45, 2.75) is 52.0 Å². The van der Waals surface area contributed by atoms with Crippen molar-refractivity contribution in [2.75, 3.05) is 19.6 Å². The molecule has 0 N–H and O–H groups in total. The first kappa shape index (κ1) is 13.8. The maximum absolute atomic E-state index is 12.9. The average molecular weight is 238 g/mol. The Kier molecular flexibility index (Phi) is 4.23. The van der Waals surface area contributed by atoms with Gasteiger partial charge in [0.2, 0.25) is 0 Å². The van der Waals surface area contributed by atoms with E-state index < -0.39 is 12.2 Å². The Bertz CT molecular complexity index is 226. The van der Waals surface area contributed by atoms with Crippen molar-refractivity contribution in [1.29, 1.82) is 0 Å². The molecule has 0 amide bonds. The van der Waals surface area contributed by atoms with Gasteiger partial charge in [0, 0.05) is 31.7 Å². The van der Waals surface area contributed by atoms with Crippen molar-refractivity contribution in [3.8, 4) is 0 Å². The summed E-state index contributed by atoms with van der Waals surface area (Å²) >= 11 is 0. The van der Waals surface area contributed by atoms with Gasteiger partial charge >= 0.3 is 6.18 Å². The average Bonchev–Trinajstić information content (AvgIpc) is 2.15. The Hall–Kier alpha value is -0.290. The predicted octanol–water partition coefficient (Wildman–Crippen LogP) is 2.35. The van der Waals surface area contributed by atoms with Gasteiger partial charge in [0.15, 0.2) is 0 Å². The largest absolute Gasteiger partial charge is 0.405 e. The monoisotopic (exact) mass is 238 g/mol. The molecular weight excluding hydrogens is 217 g/mol. The van der Waals surface area contributed by atoms with Crippen LogP contribution in [0.3, 0.4) is 0 Å². The molecule has 5 heteroatoms. The van der Waals surface area contributed by atoms with Crippen LogP contribution in [0.15, 0.2) is 0 Å². The van der Waals surface area contributed by atoms with Crippen molar-refractivity contribution in [3.63, 3.8) is 0 Å². The summed E-state index contributed by atoms with van der Waals surface area (Å²) in [4.78, 5) is 3.45. The fraction of sp³-hybridized carbons (Fsp3) is 1.00. The molecule has 1 aliphatic rings. The second-order valence-corrected chi connectivity index (χ2v) is 4.98. The fourth-order valence-electron chi connectivity index (χ4n) is 2.20. The molecule has 0 aromatic rings. The molecule has 16 heavy (non-hydrogen) atoms. The number of hydrogen-bond acceptors (Lipinski definition) is 2. The van der Waals surface area contributed by atoms with E-state index in [-0.39, 0.29) is 18.6 Å². The Morgan fingerprint density at radius 2 is 1.56 bits per heavy atom. The molecule has 0 bridgehead atoms. The molecule has 0 unspecified atom stereocenters. The minimum Gasteiger partial charge on any atom is -0.298 e. The van der Waals surface area contributed by atoms with Gasteiger partial charge in [0.05, 0.1) is 0 Å². The van der Waals surface area contributed by atoms with Crippen LogP contribution in [0, 0.1) is 0 Å². The summed E-state index contributed by atoms with van der Waals surface area (Å²) in [6.45, 7) is 8.85. The van der Waals surface area contributed by atoms with Crippen LogP contribution in [0.25, 0.3) is 0 Å². The minimum atomic E-state index is -4.13. The van der Waals surface area contributed by atoms with Gasteiger partial charge in [-0.25, -0.2) is 0 Å². The van der Waals surface area contributed by atoms with Crippen molar-refractivity contribution in [2.24, 2.45) is 0 Å². The van der Waals surface area contributed by atoms with Crippen molar-refractivity contribution in [1.82, 2.24) is 9.80 Å². The van der Waals surface area contributed by atoms with E-state index in [0.717, 1.165) is 6.54 Å². The maximum atomic E-state index is 12.9. The standard InChI is InChI=1S/C11H21F3N2/c1-8(2)15-5-6-16(9(3)4)10(7-15)11(12,13)14/h8-10H,5-7H2,1-4H3/t10-/m0/s1. The molecule has 0 radical (unpaired) electrons. The van der Waals surface area contributed by atoms with E-state index in [0.29, 0.717) is 6.54 Å². The van der Waals surface area contributed by atoms with Gasteiger partial charge in [-0.2, -0.15) is 13.2 Å². The van der Waals surface area contributed by atoms with Crippen LogP contribution in [-0.4, -0.2) is 53.7 Å². The van der Waals surface area contributed by atoms with Crippen LogP contribution < -0.4 is 0 Å². The number of hydrogen-bond donors (Lipinski definition) is 0. The van der Waals surface area contributed by atoms with E-state index >= 15 is 0 Å². The summed E-state index contributed by atoms with van der Waals surface area (Å²) in [7, 11) is 0. The highest BCUT2D eigenvalue weighted by Crippen LogP contribution is 2.29. The molecule has 1 rings (SSSR count). The SMILES string of the molecule is CC(C)N1CCN(C(C)C)[C@H](C(F)(F)F)C1. The van der Waals surface area contributed by atoms with Crippen LogP contribution >= 0.6 is 0 Å². The number of alkyl halides is 3. The van der Waals surface area contributed by atoms with E-state index in [2.05, 4.69) is 0 Å². The summed E-state index contributed by atoms with van der Waals surface area (Å²) in [5, 5.41) is 0. The molecule has 0 saturated carbocycles. The van der Waals surface area contributed by atoms with Crippen LogP contribution in [0.2, 0.25) is 0 Å². The van der Waals surface area contributed by atoms with Crippen LogP contribution in [0.1, 0.15) is 27.7 Å². The summed E-state index contributed by atoms with van der Waals surface area (Å²) < 4.78 is 38.8. The second-order valence-electron chi connectivity index (χ2n) is 4.98. The zero-order valence-electron chi connectivity index (χ0n) is 10.4. The third-order valence-electron chi connectivity index (χ3n) is 3.22. The maximum Gasteiger partial charge on any atom is 0.405 e. The lowest BCUT2D eigenvalue weighted by atomic mass is 10.1. The first-order chi connectivity index (χ1) is 7.23. The smallest absolute Gasteiger partial charge is 0.298 e. The summed E-state index contributed by atoms with van der Waals surface area (Å²) in [6, 6.07) is -1.19. The van der Waals surface area contributed by atoms with Crippen molar-refractivity contribution < 1.29 is 13.2 Å². The second kappa shape index (κ2) is 4.92. The third-order valence-corrected chi connectivity index (χ3v) is 3.22. The first-order valence-corrected chi connectivity index (χ1v) is 5.80. The summed E-state index contributed by atoms with van der Waals surface area (Å²) in [5.74, 6) is 0. The summed E-state index contributed by atoms with van der Waals surface area (Å²) in [6.07, 6.45) is -4.13. The topological polar surface area (TPSA) is 6.48 Å².